The topological polar surface area (TPSA) is 69.6 Å². The molecule has 2 N–H and O–H groups in total. The predicted molar refractivity (Wildman–Crippen MR) is 67.2 cm³/mol. The molecule has 2 amide bonds. The summed E-state index contributed by atoms with van der Waals surface area (Å²) in [6, 6.07) is -0.265. The fraction of sp³-hybridized carbons (Fsp3) is 0.692. The van der Waals surface area contributed by atoms with E-state index in [9.17, 15) is 14.7 Å². The zero-order valence-electron chi connectivity index (χ0n) is 10.9. The second-order valence-electron chi connectivity index (χ2n) is 5.47. The Morgan fingerprint density at radius 3 is 2.67 bits per heavy atom. The largest absolute Gasteiger partial charge is 0.480 e. The molecule has 18 heavy (non-hydrogen) atoms. The molecule has 5 nitrogen and oxygen atoms in total. The molecular weight excluding hydrogens is 232 g/mol. The summed E-state index contributed by atoms with van der Waals surface area (Å²) in [6.07, 6.45) is 4.71. The van der Waals surface area contributed by atoms with Crippen molar-refractivity contribution < 1.29 is 14.7 Å². The molecule has 0 saturated heterocycles. The number of carbonyl (C=O) groups is 2. The molecule has 0 aromatic carbocycles. The predicted octanol–water partition coefficient (Wildman–Crippen LogP) is 1.60. The van der Waals surface area contributed by atoms with Gasteiger partial charge in [-0.3, -0.25) is 0 Å². The first-order valence-electron chi connectivity index (χ1n) is 6.39. The molecule has 5 heteroatoms. The van der Waals surface area contributed by atoms with Crippen molar-refractivity contribution >= 4 is 12.0 Å². The summed E-state index contributed by atoms with van der Waals surface area (Å²) < 4.78 is 0. The zero-order chi connectivity index (χ0) is 13.3. The van der Waals surface area contributed by atoms with Crippen molar-refractivity contribution in [1.29, 1.82) is 0 Å². The Hall–Kier alpha value is -1.52. The SMILES string of the molecule is CC1=CCCN(C(=O)NC(C)(C(=O)O)C2CC2)C1. The standard InChI is InChI=1S/C13H20N2O3/c1-9-4-3-7-15(8-9)12(18)14-13(2,11(16)17)10-5-6-10/h4,10H,3,5-8H2,1-2H3,(H,14,18)(H,16,17). The van der Waals surface area contributed by atoms with Crippen LogP contribution in [0.1, 0.15) is 33.1 Å². The summed E-state index contributed by atoms with van der Waals surface area (Å²) in [5.41, 5.74) is 0.0337. The van der Waals surface area contributed by atoms with Crippen molar-refractivity contribution in [1.82, 2.24) is 10.2 Å². The van der Waals surface area contributed by atoms with Crippen LogP contribution in [0.5, 0.6) is 0 Å². The molecule has 0 aromatic rings. The Morgan fingerprint density at radius 1 is 1.50 bits per heavy atom. The van der Waals surface area contributed by atoms with Gasteiger partial charge in [0.15, 0.2) is 0 Å². The number of urea groups is 1. The van der Waals surface area contributed by atoms with E-state index in [0.717, 1.165) is 24.8 Å². The molecule has 1 saturated carbocycles. The highest BCUT2D eigenvalue weighted by Crippen LogP contribution is 2.39. The third-order valence-electron chi connectivity index (χ3n) is 3.82. The van der Waals surface area contributed by atoms with E-state index in [1.807, 2.05) is 6.92 Å². The van der Waals surface area contributed by atoms with Crippen molar-refractivity contribution in [2.75, 3.05) is 13.1 Å². The van der Waals surface area contributed by atoms with Crippen LogP contribution in [0.2, 0.25) is 0 Å². The molecular formula is C13H20N2O3. The van der Waals surface area contributed by atoms with E-state index in [1.54, 1.807) is 11.8 Å². The van der Waals surface area contributed by atoms with Crippen LogP contribution < -0.4 is 5.32 Å². The smallest absolute Gasteiger partial charge is 0.329 e. The molecule has 2 aliphatic rings. The molecule has 0 spiro atoms. The minimum absolute atomic E-state index is 0.0698. The lowest BCUT2D eigenvalue weighted by Crippen LogP contribution is -2.58. The number of carboxylic acid groups (broad SMARTS) is 1. The summed E-state index contributed by atoms with van der Waals surface area (Å²) in [5.74, 6) is -0.872. The van der Waals surface area contributed by atoms with Gasteiger partial charge in [0.25, 0.3) is 0 Å². The minimum atomic E-state index is -1.12. The van der Waals surface area contributed by atoms with Gasteiger partial charge in [0, 0.05) is 13.1 Å². The Kier molecular flexibility index (Phi) is 3.32. The van der Waals surface area contributed by atoms with Crippen molar-refractivity contribution in [3.63, 3.8) is 0 Å². The lowest BCUT2D eigenvalue weighted by atomic mass is 9.96. The number of nitrogens with one attached hydrogen (secondary N) is 1. The van der Waals surface area contributed by atoms with Gasteiger partial charge in [0.05, 0.1) is 0 Å². The summed E-state index contributed by atoms with van der Waals surface area (Å²) in [7, 11) is 0. The summed E-state index contributed by atoms with van der Waals surface area (Å²) in [4.78, 5) is 25.1. The lowest BCUT2D eigenvalue weighted by Gasteiger charge is -2.32. The van der Waals surface area contributed by atoms with Crippen molar-refractivity contribution in [3.8, 4) is 0 Å². The normalized spacial score (nSPS) is 23.0. The summed E-state index contributed by atoms with van der Waals surface area (Å²) in [5, 5.41) is 12.0. The maximum absolute atomic E-state index is 12.1. The van der Waals surface area contributed by atoms with Crippen molar-refractivity contribution in [2.24, 2.45) is 5.92 Å². The molecule has 1 atom stereocenters. The van der Waals surface area contributed by atoms with Gasteiger partial charge in [0.1, 0.15) is 5.54 Å². The number of hydrogen-bond acceptors (Lipinski definition) is 2. The first-order valence-corrected chi connectivity index (χ1v) is 6.39. The lowest BCUT2D eigenvalue weighted by molar-refractivity contribution is -0.144. The van der Waals surface area contributed by atoms with Gasteiger partial charge < -0.3 is 15.3 Å². The average molecular weight is 252 g/mol. The monoisotopic (exact) mass is 252 g/mol. The van der Waals surface area contributed by atoms with Crippen LogP contribution >= 0.6 is 0 Å². The maximum atomic E-state index is 12.1. The Balaban J connectivity index is 2.01. The van der Waals surface area contributed by atoms with Gasteiger partial charge in [0.2, 0.25) is 0 Å². The number of carboxylic acids is 1. The van der Waals surface area contributed by atoms with Crippen LogP contribution in [-0.2, 0) is 4.79 Å². The molecule has 100 valence electrons. The van der Waals surface area contributed by atoms with E-state index in [0.29, 0.717) is 13.1 Å². The third-order valence-corrected chi connectivity index (χ3v) is 3.82. The van der Waals surface area contributed by atoms with E-state index in [1.165, 1.54) is 0 Å². The zero-order valence-corrected chi connectivity index (χ0v) is 10.9. The Labute approximate surface area is 107 Å². The molecule has 0 bridgehead atoms. The van der Waals surface area contributed by atoms with Crippen LogP contribution in [0.25, 0.3) is 0 Å². The fourth-order valence-electron chi connectivity index (χ4n) is 2.38. The Bertz CT molecular complexity index is 401. The number of carbonyl (C=O) groups excluding carboxylic acids is 1. The molecule has 1 aliphatic carbocycles. The van der Waals surface area contributed by atoms with E-state index >= 15 is 0 Å². The highest BCUT2D eigenvalue weighted by atomic mass is 16.4. The van der Waals surface area contributed by atoms with Gasteiger partial charge in [-0.1, -0.05) is 11.6 Å². The van der Waals surface area contributed by atoms with Crippen LogP contribution in [0.3, 0.4) is 0 Å². The number of amides is 2. The second-order valence-corrected chi connectivity index (χ2v) is 5.47. The fourth-order valence-corrected chi connectivity index (χ4v) is 2.38. The average Bonchev–Trinajstić information content (AvgIpc) is 3.12. The molecule has 1 unspecified atom stereocenters. The van der Waals surface area contributed by atoms with E-state index in [-0.39, 0.29) is 11.9 Å². The van der Waals surface area contributed by atoms with E-state index in [2.05, 4.69) is 11.4 Å². The van der Waals surface area contributed by atoms with Crippen molar-refractivity contribution in [2.45, 2.75) is 38.6 Å². The molecule has 0 radical (unpaired) electrons. The highest BCUT2D eigenvalue weighted by molar-refractivity contribution is 5.86. The Morgan fingerprint density at radius 2 is 2.17 bits per heavy atom. The highest BCUT2D eigenvalue weighted by Gasteiger charge is 2.49. The van der Waals surface area contributed by atoms with Gasteiger partial charge in [-0.15, -0.1) is 0 Å². The van der Waals surface area contributed by atoms with Crippen molar-refractivity contribution in [3.05, 3.63) is 11.6 Å². The van der Waals surface area contributed by atoms with E-state index in [4.69, 9.17) is 0 Å². The molecule has 1 heterocycles. The molecule has 1 aliphatic heterocycles. The van der Waals surface area contributed by atoms with Crippen LogP contribution in [0.4, 0.5) is 4.79 Å². The molecule has 0 aromatic heterocycles. The number of hydrogen-bond donors (Lipinski definition) is 2. The van der Waals surface area contributed by atoms with Gasteiger partial charge in [-0.05, 0) is 39.0 Å². The molecule has 2 rings (SSSR count). The van der Waals surface area contributed by atoms with Crippen LogP contribution in [-0.4, -0.2) is 40.6 Å². The number of rotatable bonds is 3. The quantitative estimate of drug-likeness (QED) is 0.750. The summed E-state index contributed by atoms with van der Waals surface area (Å²) >= 11 is 0. The number of aliphatic carboxylic acids is 1. The minimum Gasteiger partial charge on any atom is -0.480 e. The molecule has 1 fully saturated rings. The first-order chi connectivity index (χ1) is 8.43. The first kappa shape index (κ1) is 12.9. The van der Waals surface area contributed by atoms with Crippen LogP contribution in [0, 0.1) is 5.92 Å². The van der Waals surface area contributed by atoms with Gasteiger partial charge >= 0.3 is 12.0 Å². The maximum Gasteiger partial charge on any atom is 0.329 e. The van der Waals surface area contributed by atoms with E-state index < -0.39 is 11.5 Å². The van der Waals surface area contributed by atoms with Gasteiger partial charge in [-0.2, -0.15) is 0 Å². The number of nitrogens with zero attached hydrogens (tertiary/aromatic N) is 1. The summed E-state index contributed by atoms with van der Waals surface area (Å²) in [6.45, 7) is 4.84. The van der Waals surface area contributed by atoms with Crippen LogP contribution in [0.15, 0.2) is 11.6 Å². The second kappa shape index (κ2) is 4.63. The van der Waals surface area contributed by atoms with Gasteiger partial charge in [-0.25, -0.2) is 9.59 Å². The third kappa shape index (κ3) is 2.49.